The van der Waals surface area contributed by atoms with Crippen molar-refractivity contribution < 1.29 is 0 Å². The van der Waals surface area contributed by atoms with Gasteiger partial charge in [0, 0.05) is 24.4 Å². The van der Waals surface area contributed by atoms with Crippen LogP contribution in [0.3, 0.4) is 0 Å². The van der Waals surface area contributed by atoms with Gasteiger partial charge in [0.15, 0.2) is 0 Å². The van der Waals surface area contributed by atoms with Gasteiger partial charge in [-0.3, -0.25) is 0 Å². The first kappa shape index (κ1) is 7.44. The minimum absolute atomic E-state index is 0.305. The molecule has 1 aromatic heterocycles. The number of hydrogen-bond donors (Lipinski definition) is 1. The van der Waals surface area contributed by atoms with Gasteiger partial charge in [0.25, 0.3) is 0 Å². The molecule has 13 heavy (non-hydrogen) atoms. The summed E-state index contributed by atoms with van der Waals surface area (Å²) in [6, 6.07) is 1.88. The van der Waals surface area contributed by atoms with E-state index in [4.69, 9.17) is 0 Å². The molecule has 2 atom stereocenters. The van der Waals surface area contributed by atoms with E-state index in [1.165, 1.54) is 19.4 Å². The van der Waals surface area contributed by atoms with Gasteiger partial charge in [-0.25, -0.2) is 9.97 Å². The third-order valence-corrected chi connectivity index (χ3v) is 3.35. The molecule has 3 nitrogen and oxygen atoms in total. The Balaban J connectivity index is 1.94. The molecule has 0 bridgehead atoms. The molecule has 3 rings (SSSR count). The number of hydrogen-bond acceptors (Lipinski definition) is 3. The van der Waals surface area contributed by atoms with Gasteiger partial charge in [0.1, 0.15) is 5.82 Å². The quantitative estimate of drug-likeness (QED) is 0.683. The van der Waals surface area contributed by atoms with Crippen molar-refractivity contribution in [2.24, 2.45) is 5.92 Å². The van der Waals surface area contributed by atoms with Gasteiger partial charge >= 0.3 is 0 Å². The molecule has 1 aliphatic carbocycles. The highest BCUT2D eigenvalue weighted by Gasteiger charge is 2.58. The van der Waals surface area contributed by atoms with Gasteiger partial charge in [-0.15, -0.1) is 0 Å². The molecule has 1 N–H and O–H groups in total. The zero-order valence-electron chi connectivity index (χ0n) is 7.53. The van der Waals surface area contributed by atoms with Crippen LogP contribution in [-0.2, 0) is 5.41 Å². The van der Waals surface area contributed by atoms with Crippen molar-refractivity contribution in [3.8, 4) is 0 Å². The molecule has 0 amide bonds. The highest BCUT2D eigenvalue weighted by atomic mass is 15.0. The zero-order chi connectivity index (χ0) is 8.73. The third-order valence-electron chi connectivity index (χ3n) is 3.35. The SMILES string of the molecule is c1cnc(C23CNCCC2C3)nc1. The van der Waals surface area contributed by atoms with E-state index < -0.39 is 0 Å². The largest absolute Gasteiger partial charge is 0.316 e. The van der Waals surface area contributed by atoms with E-state index in [0.717, 1.165) is 18.3 Å². The average molecular weight is 175 g/mol. The highest BCUT2D eigenvalue weighted by molar-refractivity contribution is 5.24. The molecule has 2 aliphatic rings. The summed E-state index contributed by atoms with van der Waals surface area (Å²) in [4.78, 5) is 8.73. The van der Waals surface area contributed by atoms with Crippen LogP contribution in [0.5, 0.6) is 0 Å². The summed E-state index contributed by atoms with van der Waals surface area (Å²) in [6.07, 6.45) is 6.27. The number of fused-ring (bicyclic) bond motifs is 1. The first-order valence-electron chi connectivity index (χ1n) is 4.90. The molecule has 1 saturated heterocycles. The second-order valence-corrected chi connectivity index (χ2v) is 4.10. The van der Waals surface area contributed by atoms with Crippen molar-refractivity contribution >= 4 is 0 Å². The van der Waals surface area contributed by atoms with Crippen LogP contribution in [0.15, 0.2) is 18.5 Å². The number of rotatable bonds is 1. The molecule has 1 aliphatic heterocycles. The van der Waals surface area contributed by atoms with E-state index in [0.29, 0.717) is 5.41 Å². The summed E-state index contributed by atoms with van der Waals surface area (Å²) in [5, 5.41) is 3.44. The third kappa shape index (κ3) is 1.000. The zero-order valence-corrected chi connectivity index (χ0v) is 7.53. The predicted octanol–water partition coefficient (Wildman–Crippen LogP) is 0.728. The van der Waals surface area contributed by atoms with Gasteiger partial charge in [-0.05, 0) is 31.4 Å². The van der Waals surface area contributed by atoms with Crippen molar-refractivity contribution in [2.75, 3.05) is 13.1 Å². The van der Waals surface area contributed by atoms with Gasteiger partial charge in [0.05, 0.1) is 0 Å². The topological polar surface area (TPSA) is 37.8 Å². The fraction of sp³-hybridized carbons (Fsp3) is 0.600. The highest BCUT2D eigenvalue weighted by Crippen LogP contribution is 2.55. The second kappa shape index (κ2) is 2.51. The van der Waals surface area contributed by atoms with Crippen LogP contribution in [0, 0.1) is 5.92 Å². The Bertz CT molecular complexity index is 311. The van der Waals surface area contributed by atoms with Crippen molar-refractivity contribution in [3.63, 3.8) is 0 Å². The summed E-state index contributed by atoms with van der Waals surface area (Å²) in [7, 11) is 0. The molecule has 0 spiro atoms. The first-order valence-corrected chi connectivity index (χ1v) is 4.90. The van der Waals surface area contributed by atoms with E-state index in [2.05, 4.69) is 15.3 Å². The van der Waals surface area contributed by atoms with Crippen molar-refractivity contribution in [3.05, 3.63) is 24.3 Å². The van der Waals surface area contributed by atoms with E-state index in [1.807, 2.05) is 18.5 Å². The summed E-state index contributed by atoms with van der Waals surface area (Å²) in [5.74, 6) is 1.89. The predicted molar refractivity (Wildman–Crippen MR) is 49.3 cm³/mol. The Morgan fingerprint density at radius 2 is 2.23 bits per heavy atom. The average Bonchev–Trinajstić information content (AvgIpc) is 2.94. The maximum absolute atomic E-state index is 4.36. The van der Waals surface area contributed by atoms with Crippen LogP contribution in [0.2, 0.25) is 0 Å². The number of nitrogens with one attached hydrogen (secondary N) is 1. The van der Waals surface area contributed by atoms with Crippen LogP contribution in [-0.4, -0.2) is 23.1 Å². The lowest BCUT2D eigenvalue weighted by Gasteiger charge is -2.21. The van der Waals surface area contributed by atoms with Gasteiger partial charge < -0.3 is 5.32 Å². The van der Waals surface area contributed by atoms with Crippen LogP contribution in [0.1, 0.15) is 18.7 Å². The van der Waals surface area contributed by atoms with Crippen molar-refractivity contribution in [1.29, 1.82) is 0 Å². The molecular formula is C10H13N3. The summed E-state index contributed by atoms with van der Waals surface area (Å²) in [6.45, 7) is 2.24. The summed E-state index contributed by atoms with van der Waals surface area (Å²) >= 11 is 0. The van der Waals surface area contributed by atoms with Crippen LogP contribution < -0.4 is 5.32 Å². The lowest BCUT2D eigenvalue weighted by molar-refractivity contribution is 0.431. The standard InChI is InChI=1S/C10H13N3/c1-3-12-9(13-4-1)10-6-8(10)2-5-11-7-10/h1,3-4,8,11H,2,5-7H2. The maximum Gasteiger partial charge on any atom is 0.135 e. The lowest BCUT2D eigenvalue weighted by atomic mass is 9.98. The van der Waals surface area contributed by atoms with Crippen LogP contribution in [0.4, 0.5) is 0 Å². The van der Waals surface area contributed by atoms with E-state index in [-0.39, 0.29) is 0 Å². The monoisotopic (exact) mass is 175 g/mol. The molecule has 0 aromatic carbocycles. The molecular weight excluding hydrogens is 162 g/mol. The molecule has 2 heterocycles. The fourth-order valence-electron chi connectivity index (χ4n) is 2.47. The molecule has 1 aromatic rings. The number of nitrogens with zero attached hydrogens (tertiary/aromatic N) is 2. The van der Waals surface area contributed by atoms with E-state index in [9.17, 15) is 0 Å². The smallest absolute Gasteiger partial charge is 0.135 e. The Hall–Kier alpha value is -0.960. The Morgan fingerprint density at radius 3 is 3.00 bits per heavy atom. The Kier molecular flexibility index (Phi) is 1.44. The van der Waals surface area contributed by atoms with Crippen molar-refractivity contribution in [1.82, 2.24) is 15.3 Å². The molecule has 2 unspecified atom stereocenters. The summed E-state index contributed by atoms with van der Waals surface area (Å²) in [5.41, 5.74) is 0.305. The van der Waals surface area contributed by atoms with E-state index in [1.54, 1.807) is 0 Å². The maximum atomic E-state index is 4.36. The lowest BCUT2D eigenvalue weighted by Crippen LogP contribution is -2.35. The minimum Gasteiger partial charge on any atom is -0.316 e. The molecule has 3 heteroatoms. The van der Waals surface area contributed by atoms with Gasteiger partial charge in [0.2, 0.25) is 0 Å². The molecule has 2 fully saturated rings. The molecule has 0 radical (unpaired) electrons. The summed E-state index contributed by atoms with van der Waals surface area (Å²) < 4.78 is 0. The second-order valence-electron chi connectivity index (χ2n) is 4.10. The van der Waals surface area contributed by atoms with Gasteiger partial charge in [-0.2, -0.15) is 0 Å². The minimum atomic E-state index is 0.305. The fourth-order valence-corrected chi connectivity index (χ4v) is 2.47. The van der Waals surface area contributed by atoms with Gasteiger partial charge in [-0.1, -0.05) is 0 Å². The number of aromatic nitrogens is 2. The Labute approximate surface area is 77.6 Å². The normalized spacial score (nSPS) is 36.8. The number of piperidine rings is 1. The van der Waals surface area contributed by atoms with Crippen LogP contribution >= 0.6 is 0 Å². The first-order chi connectivity index (χ1) is 6.42. The van der Waals surface area contributed by atoms with Crippen molar-refractivity contribution in [2.45, 2.75) is 18.3 Å². The molecule has 68 valence electrons. The van der Waals surface area contributed by atoms with Crippen LogP contribution in [0.25, 0.3) is 0 Å². The molecule has 1 saturated carbocycles. The Morgan fingerprint density at radius 1 is 1.38 bits per heavy atom. The van der Waals surface area contributed by atoms with E-state index >= 15 is 0 Å².